The molecule has 0 fully saturated rings. The number of imidazole rings is 2. The molecule has 0 amide bonds. The van der Waals surface area contributed by atoms with Gasteiger partial charge in [-0.05, 0) is 27.2 Å². The van der Waals surface area contributed by atoms with Gasteiger partial charge in [0.15, 0.2) is 10.2 Å². The van der Waals surface area contributed by atoms with Gasteiger partial charge in [-0.15, -0.1) is 0 Å². The van der Waals surface area contributed by atoms with E-state index < -0.39 is 4.92 Å². The molecule has 0 saturated heterocycles. The zero-order valence-corrected chi connectivity index (χ0v) is 11.9. The molecule has 7 nitrogen and oxygen atoms in total. The second-order valence-electron chi connectivity index (χ2n) is 4.31. The first-order chi connectivity index (χ1) is 10.1. The summed E-state index contributed by atoms with van der Waals surface area (Å²) in [5, 5.41) is 12.0. The first-order valence-electron chi connectivity index (χ1n) is 6.09. The monoisotopic (exact) mass is 301 g/mol. The number of hydrogen-bond donors (Lipinski definition) is 1. The molecular weight excluding hydrogens is 290 g/mol. The maximum atomic E-state index is 10.9. The highest BCUT2D eigenvalue weighted by molar-refractivity contribution is 7.99. The Bertz CT molecular complexity index is 781. The molecule has 0 aliphatic carbocycles. The van der Waals surface area contributed by atoms with Crippen LogP contribution in [0.2, 0.25) is 0 Å². The Morgan fingerprint density at radius 1 is 1.29 bits per heavy atom. The van der Waals surface area contributed by atoms with Crippen molar-refractivity contribution in [3.63, 3.8) is 0 Å². The Morgan fingerprint density at radius 2 is 2.05 bits per heavy atom. The topological polar surface area (TPSA) is 89.6 Å². The molecule has 0 bridgehead atoms. The Balaban J connectivity index is 1.89. The van der Waals surface area contributed by atoms with E-state index in [1.165, 1.54) is 18.1 Å². The number of nitro groups is 1. The average molecular weight is 301 g/mol. The van der Waals surface area contributed by atoms with Crippen LogP contribution >= 0.6 is 11.8 Å². The molecule has 1 N–H and O–H groups in total. The molecule has 0 spiro atoms. The first-order valence-corrected chi connectivity index (χ1v) is 6.91. The van der Waals surface area contributed by atoms with Crippen molar-refractivity contribution in [3.05, 3.63) is 53.0 Å². The summed E-state index contributed by atoms with van der Waals surface area (Å²) in [6, 6.07) is 9.75. The van der Waals surface area contributed by atoms with E-state index in [0.717, 1.165) is 11.3 Å². The molecule has 106 valence electrons. The fraction of sp³-hybridized carbons (Fsp3) is 0.0769. The largest absolute Gasteiger partial charge is 0.396 e. The van der Waals surface area contributed by atoms with Crippen LogP contribution in [0.25, 0.3) is 11.3 Å². The third-order valence-electron chi connectivity index (χ3n) is 2.87. The summed E-state index contributed by atoms with van der Waals surface area (Å²) in [5.41, 5.74) is 1.87. The normalized spacial score (nSPS) is 10.7. The van der Waals surface area contributed by atoms with Crippen molar-refractivity contribution in [2.75, 3.05) is 0 Å². The Hall–Kier alpha value is -2.61. The summed E-state index contributed by atoms with van der Waals surface area (Å²) in [6.45, 7) is 0. The van der Waals surface area contributed by atoms with E-state index >= 15 is 0 Å². The summed E-state index contributed by atoms with van der Waals surface area (Å²) in [6.07, 6.45) is 3.13. The van der Waals surface area contributed by atoms with Crippen LogP contribution in [0.3, 0.4) is 0 Å². The predicted molar refractivity (Wildman–Crippen MR) is 78.0 cm³/mol. The van der Waals surface area contributed by atoms with E-state index in [2.05, 4.69) is 15.0 Å². The van der Waals surface area contributed by atoms with Gasteiger partial charge >= 0.3 is 5.82 Å². The van der Waals surface area contributed by atoms with Crippen molar-refractivity contribution in [2.45, 2.75) is 10.2 Å². The van der Waals surface area contributed by atoms with Gasteiger partial charge in [0.2, 0.25) is 6.33 Å². The van der Waals surface area contributed by atoms with Gasteiger partial charge in [0.25, 0.3) is 0 Å². The van der Waals surface area contributed by atoms with Gasteiger partial charge in [-0.2, -0.15) is 0 Å². The van der Waals surface area contributed by atoms with Gasteiger partial charge in [-0.1, -0.05) is 30.3 Å². The zero-order valence-electron chi connectivity index (χ0n) is 11.1. The summed E-state index contributed by atoms with van der Waals surface area (Å²) >= 11 is 1.18. The average Bonchev–Trinajstić information content (AvgIpc) is 3.08. The molecule has 3 aromatic rings. The summed E-state index contributed by atoms with van der Waals surface area (Å²) in [4.78, 5) is 21.6. The smallest absolute Gasteiger partial charge is 0.358 e. The number of aromatic amines is 1. The number of aryl methyl sites for hydroxylation is 1. The van der Waals surface area contributed by atoms with Crippen molar-refractivity contribution in [3.8, 4) is 11.3 Å². The van der Waals surface area contributed by atoms with Crippen molar-refractivity contribution in [1.82, 2.24) is 19.5 Å². The maximum Gasteiger partial charge on any atom is 0.396 e. The minimum Gasteiger partial charge on any atom is -0.358 e. The van der Waals surface area contributed by atoms with Gasteiger partial charge in [0.1, 0.15) is 0 Å². The van der Waals surface area contributed by atoms with Gasteiger partial charge in [-0.25, -0.2) is 4.98 Å². The van der Waals surface area contributed by atoms with Crippen LogP contribution in [-0.4, -0.2) is 24.4 Å². The number of rotatable bonds is 4. The number of hydrogen-bond acceptors (Lipinski definition) is 5. The standard InChI is InChI=1S/C13H11N5O2S/c1-17-8-15-11(18(19)20)12(17)21-13-14-7-10(16-13)9-5-3-2-4-6-9/h2-8H,1H3,(H,14,16). The third kappa shape index (κ3) is 2.65. The quantitative estimate of drug-likeness (QED) is 0.591. The molecule has 0 unspecified atom stereocenters. The molecule has 3 rings (SSSR count). The van der Waals surface area contributed by atoms with Crippen molar-refractivity contribution in [1.29, 1.82) is 0 Å². The molecule has 0 radical (unpaired) electrons. The number of H-pyrrole nitrogens is 1. The summed E-state index contributed by atoms with van der Waals surface area (Å²) in [5.74, 6) is -0.167. The lowest BCUT2D eigenvalue weighted by atomic mass is 10.2. The molecule has 1 aromatic carbocycles. The van der Waals surface area contributed by atoms with E-state index in [1.807, 2.05) is 30.3 Å². The first kappa shape index (κ1) is 13.4. The molecule has 0 atom stereocenters. The molecule has 21 heavy (non-hydrogen) atoms. The lowest BCUT2D eigenvalue weighted by Gasteiger charge is -1.99. The maximum absolute atomic E-state index is 10.9. The van der Waals surface area contributed by atoms with Crippen LogP contribution < -0.4 is 0 Å². The van der Waals surface area contributed by atoms with E-state index in [0.29, 0.717) is 10.2 Å². The lowest BCUT2D eigenvalue weighted by Crippen LogP contribution is -1.93. The van der Waals surface area contributed by atoms with Crippen LogP contribution in [0.1, 0.15) is 0 Å². The van der Waals surface area contributed by atoms with Gasteiger partial charge < -0.3 is 19.7 Å². The van der Waals surface area contributed by atoms with E-state index in [1.54, 1.807) is 17.8 Å². The minimum absolute atomic E-state index is 0.167. The second kappa shape index (κ2) is 5.41. The SMILES string of the molecule is Cn1cnc([N+](=O)[O-])c1Sc1ncc(-c2ccccc2)[nH]1. The van der Waals surface area contributed by atoms with Gasteiger partial charge in [0.05, 0.1) is 11.9 Å². The van der Waals surface area contributed by atoms with E-state index in [-0.39, 0.29) is 5.82 Å². The molecular formula is C13H11N5O2S. The van der Waals surface area contributed by atoms with Crippen LogP contribution in [0, 0.1) is 10.1 Å². The fourth-order valence-electron chi connectivity index (χ4n) is 1.86. The number of benzene rings is 1. The second-order valence-corrected chi connectivity index (χ2v) is 5.29. The Kier molecular flexibility index (Phi) is 3.44. The number of nitrogens with zero attached hydrogens (tertiary/aromatic N) is 4. The molecule has 0 aliphatic rings. The van der Waals surface area contributed by atoms with Crippen molar-refractivity contribution >= 4 is 17.6 Å². The lowest BCUT2D eigenvalue weighted by molar-refractivity contribution is -0.392. The fourth-order valence-corrected chi connectivity index (χ4v) is 2.72. The highest BCUT2D eigenvalue weighted by atomic mass is 32.2. The van der Waals surface area contributed by atoms with Crippen LogP contribution in [0.15, 0.2) is 53.0 Å². The zero-order chi connectivity index (χ0) is 14.8. The van der Waals surface area contributed by atoms with E-state index in [4.69, 9.17) is 0 Å². The summed E-state index contributed by atoms with van der Waals surface area (Å²) < 4.78 is 1.60. The Morgan fingerprint density at radius 3 is 2.76 bits per heavy atom. The van der Waals surface area contributed by atoms with E-state index in [9.17, 15) is 10.1 Å². The van der Waals surface area contributed by atoms with Crippen molar-refractivity contribution < 1.29 is 4.92 Å². The molecule has 2 heterocycles. The molecule has 2 aromatic heterocycles. The molecule has 0 aliphatic heterocycles. The van der Waals surface area contributed by atoms with Gasteiger partial charge in [0, 0.05) is 7.05 Å². The van der Waals surface area contributed by atoms with Crippen molar-refractivity contribution in [2.24, 2.45) is 7.05 Å². The molecule has 8 heteroatoms. The number of nitrogens with one attached hydrogen (secondary N) is 1. The van der Waals surface area contributed by atoms with Crippen LogP contribution in [-0.2, 0) is 7.05 Å². The van der Waals surface area contributed by atoms with Crippen LogP contribution in [0.4, 0.5) is 5.82 Å². The molecule has 0 saturated carbocycles. The highest BCUT2D eigenvalue weighted by Gasteiger charge is 2.22. The summed E-state index contributed by atoms with van der Waals surface area (Å²) in [7, 11) is 1.71. The number of aromatic nitrogens is 4. The predicted octanol–water partition coefficient (Wildman–Crippen LogP) is 2.87. The highest BCUT2D eigenvalue weighted by Crippen LogP contribution is 2.32. The van der Waals surface area contributed by atoms with Crippen LogP contribution in [0.5, 0.6) is 0 Å². The van der Waals surface area contributed by atoms with Gasteiger partial charge in [-0.3, -0.25) is 0 Å². The Labute approximate surface area is 124 Å². The minimum atomic E-state index is -0.497. The third-order valence-corrected chi connectivity index (χ3v) is 3.93.